The van der Waals surface area contributed by atoms with E-state index in [4.69, 9.17) is 0 Å². The van der Waals surface area contributed by atoms with E-state index in [0.717, 1.165) is 19.4 Å². The van der Waals surface area contributed by atoms with Gasteiger partial charge in [-0.05, 0) is 42.5 Å². The molecule has 0 bridgehead atoms. The summed E-state index contributed by atoms with van der Waals surface area (Å²) in [5.41, 5.74) is 2.68. The molecule has 0 amide bonds. The molecule has 1 N–H and O–H groups in total. The summed E-state index contributed by atoms with van der Waals surface area (Å²) >= 11 is 1.84. The predicted molar refractivity (Wildman–Crippen MR) is 77.0 cm³/mol. The van der Waals surface area contributed by atoms with E-state index >= 15 is 0 Å². The maximum absolute atomic E-state index is 4.29. The quantitative estimate of drug-likeness (QED) is 0.867. The topological polar surface area (TPSA) is 29.9 Å². The van der Waals surface area contributed by atoms with Crippen molar-refractivity contribution in [2.45, 2.75) is 32.7 Å². The van der Waals surface area contributed by atoms with Crippen LogP contribution in [0.4, 0.5) is 0 Å². The highest BCUT2D eigenvalue weighted by molar-refractivity contribution is 7.10. The molecule has 2 aromatic heterocycles. The largest absolute Gasteiger partial charge is 0.304 e. The van der Waals surface area contributed by atoms with Crippen LogP contribution in [-0.2, 0) is 13.5 Å². The lowest BCUT2D eigenvalue weighted by Crippen LogP contribution is -2.25. The fourth-order valence-electron chi connectivity index (χ4n) is 2.18. The van der Waals surface area contributed by atoms with E-state index in [1.165, 1.54) is 16.1 Å². The second kappa shape index (κ2) is 6.16. The molecule has 2 aromatic rings. The summed E-state index contributed by atoms with van der Waals surface area (Å²) in [4.78, 5) is 1.43. The molecule has 2 heterocycles. The first-order valence-electron chi connectivity index (χ1n) is 6.55. The number of nitrogens with one attached hydrogen (secondary N) is 1. The number of aryl methyl sites for hydroxylation is 2. The Morgan fingerprint density at radius 3 is 2.83 bits per heavy atom. The van der Waals surface area contributed by atoms with Gasteiger partial charge in [-0.15, -0.1) is 11.3 Å². The van der Waals surface area contributed by atoms with Crippen LogP contribution in [0.1, 0.15) is 42.4 Å². The molecule has 2 rings (SSSR count). The first-order chi connectivity index (χ1) is 8.77. The molecule has 4 heteroatoms. The Balaban J connectivity index is 2.34. The Kier molecular flexibility index (Phi) is 4.55. The number of nitrogens with zero attached hydrogens (tertiary/aromatic N) is 2. The van der Waals surface area contributed by atoms with Gasteiger partial charge in [-0.2, -0.15) is 5.10 Å². The maximum atomic E-state index is 4.29. The fraction of sp³-hybridized carbons (Fsp3) is 0.500. The van der Waals surface area contributed by atoms with Gasteiger partial charge < -0.3 is 5.32 Å². The Hall–Kier alpha value is -1.13. The van der Waals surface area contributed by atoms with E-state index in [1.807, 2.05) is 29.3 Å². The lowest BCUT2D eigenvalue weighted by molar-refractivity contribution is 0.557. The van der Waals surface area contributed by atoms with Crippen LogP contribution in [0, 0.1) is 0 Å². The normalized spacial score (nSPS) is 12.8. The molecule has 1 atom stereocenters. The summed E-state index contributed by atoms with van der Waals surface area (Å²) in [6, 6.07) is 4.61. The fourth-order valence-corrected chi connectivity index (χ4v) is 3.26. The third-order valence-electron chi connectivity index (χ3n) is 3.18. The van der Waals surface area contributed by atoms with Crippen LogP contribution in [0.3, 0.4) is 0 Å². The zero-order valence-corrected chi connectivity index (χ0v) is 12.1. The van der Waals surface area contributed by atoms with E-state index < -0.39 is 0 Å². The molecule has 0 saturated heterocycles. The summed E-state index contributed by atoms with van der Waals surface area (Å²) in [7, 11) is 2.01. The number of aromatic nitrogens is 2. The molecule has 0 spiro atoms. The molecule has 0 saturated carbocycles. The first-order valence-corrected chi connectivity index (χ1v) is 7.43. The molecular formula is C14H21N3S. The van der Waals surface area contributed by atoms with E-state index in [2.05, 4.69) is 41.8 Å². The molecule has 98 valence electrons. The lowest BCUT2D eigenvalue weighted by Gasteiger charge is -2.19. The van der Waals surface area contributed by atoms with Crippen molar-refractivity contribution in [3.63, 3.8) is 0 Å². The summed E-state index contributed by atoms with van der Waals surface area (Å²) in [6.45, 7) is 5.44. The van der Waals surface area contributed by atoms with Gasteiger partial charge in [-0.3, -0.25) is 4.68 Å². The van der Waals surface area contributed by atoms with Crippen molar-refractivity contribution in [1.29, 1.82) is 0 Å². The number of thiophene rings is 1. The van der Waals surface area contributed by atoms with Gasteiger partial charge in [0.2, 0.25) is 0 Å². The smallest absolute Gasteiger partial charge is 0.0844 e. The van der Waals surface area contributed by atoms with Gasteiger partial charge >= 0.3 is 0 Å². The van der Waals surface area contributed by atoms with Crippen LogP contribution in [0.25, 0.3) is 0 Å². The van der Waals surface area contributed by atoms with Crippen LogP contribution in [0.15, 0.2) is 23.7 Å². The van der Waals surface area contributed by atoms with E-state index in [0.29, 0.717) is 0 Å². The molecule has 0 radical (unpaired) electrons. The van der Waals surface area contributed by atoms with Crippen molar-refractivity contribution >= 4 is 11.3 Å². The van der Waals surface area contributed by atoms with Gasteiger partial charge in [-0.1, -0.05) is 13.8 Å². The number of hydrogen-bond donors (Lipinski definition) is 1. The molecule has 0 aliphatic carbocycles. The first kappa shape index (κ1) is 13.3. The van der Waals surface area contributed by atoms with E-state index in [9.17, 15) is 0 Å². The van der Waals surface area contributed by atoms with Gasteiger partial charge in [0.05, 0.1) is 11.7 Å². The predicted octanol–water partition coefficient (Wildman–Crippen LogP) is 3.13. The van der Waals surface area contributed by atoms with Gasteiger partial charge in [0.1, 0.15) is 0 Å². The average Bonchev–Trinajstić information content (AvgIpc) is 2.99. The highest BCUT2D eigenvalue weighted by Crippen LogP contribution is 2.29. The highest BCUT2D eigenvalue weighted by Gasteiger charge is 2.20. The zero-order valence-electron chi connectivity index (χ0n) is 11.3. The number of hydrogen-bond acceptors (Lipinski definition) is 3. The minimum absolute atomic E-state index is 0.271. The van der Waals surface area contributed by atoms with Crippen molar-refractivity contribution in [1.82, 2.24) is 15.1 Å². The third-order valence-corrected chi connectivity index (χ3v) is 4.20. The van der Waals surface area contributed by atoms with Gasteiger partial charge in [0, 0.05) is 18.1 Å². The Bertz CT molecular complexity index is 487. The van der Waals surface area contributed by atoms with E-state index in [1.54, 1.807) is 0 Å². The van der Waals surface area contributed by atoms with Gasteiger partial charge in [0.15, 0.2) is 0 Å². The van der Waals surface area contributed by atoms with Crippen LogP contribution < -0.4 is 5.32 Å². The van der Waals surface area contributed by atoms with Crippen molar-refractivity contribution in [2.24, 2.45) is 7.05 Å². The Morgan fingerprint density at radius 2 is 2.22 bits per heavy atom. The second-order valence-corrected chi connectivity index (χ2v) is 5.38. The monoisotopic (exact) mass is 263 g/mol. The Labute approximate surface area is 113 Å². The standard InChI is InChI=1S/C14H21N3S/c1-4-8-15-13(12-6-9-16-17(12)3)14-11(5-2)7-10-18-14/h6-7,9-10,13,15H,4-5,8H2,1-3H3. The highest BCUT2D eigenvalue weighted by atomic mass is 32.1. The minimum atomic E-state index is 0.271. The molecular weight excluding hydrogens is 242 g/mol. The lowest BCUT2D eigenvalue weighted by atomic mass is 10.1. The van der Waals surface area contributed by atoms with Gasteiger partial charge in [-0.25, -0.2) is 0 Å². The maximum Gasteiger partial charge on any atom is 0.0844 e. The van der Waals surface area contributed by atoms with Crippen LogP contribution in [0.5, 0.6) is 0 Å². The van der Waals surface area contributed by atoms with Crippen LogP contribution >= 0.6 is 11.3 Å². The molecule has 0 aliphatic heterocycles. The molecule has 0 aromatic carbocycles. The van der Waals surface area contributed by atoms with Crippen LogP contribution in [-0.4, -0.2) is 16.3 Å². The molecule has 1 unspecified atom stereocenters. The van der Waals surface area contributed by atoms with Crippen molar-refractivity contribution in [3.8, 4) is 0 Å². The summed E-state index contributed by atoms with van der Waals surface area (Å²) in [5.74, 6) is 0. The molecule has 3 nitrogen and oxygen atoms in total. The van der Waals surface area contributed by atoms with E-state index in [-0.39, 0.29) is 6.04 Å². The SMILES string of the molecule is CCCNC(c1sccc1CC)c1ccnn1C. The molecule has 0 aliphatic rings. The van der Waals surface area contributed by atoms with Gasteiger partial charge in [0.25, 0.3) is 0 Å². The zero-order chi connectivity index (χ0) is 13.0. The summed E-state index contributed by atoms with van der Waals surface area (Å²) in [5, 5.41) is 10.1. The molecule has 0 fully saturated rings. The third kappa shape index (κ3) is 2.65. The average molecular weight is 263 g/mol. The number of rotatable bonds is 6. The van der Waals surface area contributed by atoms with Crippen LogP contribution in [0.2, 0.25) is 0 Å². The summed E-state index contributed by atoms with van der Waals surface area (Å²) in [6.07, 6.45) is 4.09. The van der Waals surface area contributed by atoms with Crippen molar-refractivity contribution in [2.75, 3.05) is 6.54 Å². The minimum Gasteiger partial charge on any atom is -0.304 e. The van der Waals surface area contributed by atoms with Crippen molar-refractivity contribution in [3.05, 3.63) is 39.8 Å². The molecule has 18 heavy (non-hydrogen) atoms. The Morgan fingerprint density at radius 1 is 1.39 bits per heavy atom. The second-order valence-electron chi connectivity index (χ2n) is 4.43. The van der Waals surface area contributed by atoms with Crippen molar-refractivity contribution < 1.29 is 0 Å². The summed E-state index contributed by atoms with van der Waals surface area (Å²) < 4.78 is 1.96.